The molecule has 1 saturated heterocycles. The third-order valence-corrected chi connectivity index (χ3v) is 5.07. The summed E-state index contributed by atoms with van der Waals surface area (Å²) in [6.07, 6.45) is 0.691. The maximum absolute atomic E-state index is 11.6. The van der Waals surface area contributed by atoms with Gasteiger partial charge < -0.3 is 14.5 Å². The molecule has 7 heteroatoms. The molecule has 1 aromatic heterocycles. The SMILES string of the molecule is COc1cccc(Cc2nsc(N3CCN(C(C)=O)C(C)C3)n2)c1. The van der Waals surface area contributed by atoms with E-state index < -0.39 is 0 Å². The van der Waals surface area contributed by atoms with Crippen LogP contribution in [0.15, 0.2) is 24.3 Å². The highest BCUT2D eigenvalue weighted by molar-refractivity contribution is 7.09. The summed E-state index contributed by atoms with van der Waals surface area (Å²) in [6, 6.07) is 8.16. The second kappa shape index (κ2) is 7.17. The minimum Gasteiger partial charge on any atom is -0.497 e. The topological polar surface area (TPSA) is 58.6 Å². The van der Waals surface area contributed by atoms with E-state index in [-0.39, 0.29) is 11.9 Å². The summed E-state index contributed by atoms with van der Waals surface area (Å²) in [4.78, 5) is 20.4. The Hall–Kier alpha value is -2.15. The van der Waals surface area contributed by atoms with Crippen molar-refractivity contribution in [3.63, 3.8) is 0 Å². The number of ether oxygens (including phenoxy) is 1. The molecule has 6 nitrogen and oxygen atoms in total. The van der Waals surface area contributed by atoms with Gasteiger partial charge in [0.15, 0.2) is 0 Å². The third kappa shape index (κ3) is 3.67. The number of aromatic nitrogens is 2. The number of amides is 1. The van der Waals surface area contributed by atoms with Crippen molar-refractivity contribution in [3.05, 3.63) is 35.7 Å². The van der Waals surface area contributed by atoms with E-state index in [1.54, 1.807) is 14.0 Å². The number of carbonyl (C=O) groups is 1. The molecular formula is C17H22N4O2S. The number of carbonyl (C=O) groups excluding carboxylic acids is 1. The van der Waals surface area contributed by atoms with Crippen LogP contribution in [0.2, 0.25) is 0 Å². The van der Waals surface area contributed by atoms with E-state index in [1.807, 2.05) is 23.1 Å². The van der Waals surface area contributed by atoms with Gasteiger partial charge in [-0.05, 0) is 24.6 Å². The average molecular weight is 346 g/mol. The van der Waals surface area contributed by atoms with Gasteiger partial charge >= 0.3 is 0 Å². The molecule has 0 saturated carbocycles. The molecule has 3 rings (SSSR count). The average Bonchev–Trinajstić information content (AvgIpc) is 3.03. The first-order chi connectivity index (χ1) is 11.6. The fourth-order valence-electron chi connectivity index (χ4n) is 3.01. The zero-order chi connectivity index (χ0) is 17.1. The molecule has 0 spiro atoms. The predicted octanol–water partition coefficient (Wildman–Crippen LogP) is 2.19. The summed E-state index contributed by atoms with van der Waals surface area (Å²) in [7, 11) is 1.67. The Kier molecular flexibility index (Phi) is 4.99. The second-order valence-corrected chi connectivity index (χ2v) is 6.76. The lowest BCUT2D eigenvalue weighted by molar-refractivity contribution is -0.131. The van der Waals surface area contributed by atoms with Crippen LogP contribution in [-0.4, -0.2) is 53.0 Å². The monoisotopic (exact) mass is 346 g/mol. The van der Waals surface area contributed by atoms with E-state index in [4.69, 9.17) is 4.74 Å². The van der Waals surface area contributed by atoms with Crippen molar-refractivity contribution in [1.82, 2.24) is 14.3 Å². The lowest BCUT2D eigenvalue weighted by atomic mass is 10.1. The van der Waals surface area contributed by atoms with Crippen LogP contribution in [0.4, 0.5) is 5.13 Å². The van der Waals surface area contributed by atoms with Crippen molar-refractivity contribution in [3.8, 4) is 5.75 Å². The summed E-state index contributed by atoms with van der Waals surface area (Å²) >= 11 is 1.43. The van der Waals surface area contributed by atoms with E-state index in [0.29, 0.717) is 6.42 Å². The highest BCUT2D eigenvalue weighted by Gasteiger charge is 2.27. The van der Waals surface area contributed by atoms with Crippen molar-refractivity contribution >= 4 is 22.6 Å². The highest BCUT2D eigenvalue weighted by Crippen LogP contribution is 2.23. The molecule has 1 atom stereocenters. The number of hydrogen-bond acceptors (Lipinski definition) is 6. The number of rotatable bonds is 4. The van der Waals surface area contributed by atoms with E-state index >= 15 is 0 Å². The van der Waals surface area contributed by atoms with Crippen molar-refractivity contribution in [2.24, 2.45) is 0 Å². The van der Waals surface area contributed by atoms with Gasteiger partial charge in [0.25, 0.3) is 0 Å². The predicted molar refractivity (Wildman–Crippen MR) is 94.8 cm³/mol. The molecule has 0 radical (unpaired) electrons. The molecule has 1 aromatic carbocycles. The van der Waals surface area contributed by atoms with Crippen molar-refractivity contribution < 1.29 is 9.53 Å². The summed E-state index contributed by atoms with van der Waals surface area (Å²) in [5.41, 5.74) is 1.13. The van der Waals surface area contributed by atoms with Gasteiger partial charge in [0, 0.05) is 50.6 Å². The number of anilines is 1. The van der Waals surface area contributed by atoms with Gasteiger partial charge in [0.2, 0.25) is 11.0 Å². The summed E-state index contributed by atoms with van der Waals surface area (Å²) in [5, 5.41) is 0.933. The van der Waals surface area contributed by atoms with Gasteiger partial charge in [0.1, 0.15) is 11.6 Å². The molecule has 0 N–H and O–H groups in total. The summed E-state index contributed by atoms with van der Waals surface area (Å²) < 4.78 is 9.74. The Morgan fingerprint density at radius 1 is 1.42 bits per heavy atom. The van der Waals surface area contributed by atoms with Crippen molar-refractivity contribution in [2.45, 2.75) is 26.3 Å². The van der Waals surface area contributed by atoms with E-state index in [1.165, 1.54) is 11.5 Å². The van der Waals surface area contributed by atoms with E-state index in [2.05, 4.69) is 27.2 Å². The van der Waals surface area contributed by atoms with Crippen LogP contribution in [-0.2, 0) is 11.2 Å². The number of hydrogen-bond donors (Lipinski definition) is 0. The largest absolute Gasteiger partial charge is 0.497 e. The molecule has 1 unspecified atom stereocenters. The van der Waals surface area contributed by atoms with Gasteiger partial charge in [0.05, 0.1) is 7.11 Å². The van der Waals surface area contributed by atoms with Gasteiger partial charge in [-0.15, -0.1) is 0 Å². The van der Waals surface area contributed by atoms with Crippen LogP contribution >= 0.6 is 11.5 Å². The van der Waals surface area contributed by atoms with Crippen LogP contribution in [0.1, 0.15) is 25.2 Å². The first kappa shape index (κ1) is 16.7. The van der Waals surface area contributed by atoms with Gasteiger partial charge in [-0.1, -0.05) is 12.1 Å². The van der Waals surface area contributed by atoms with E-state index in [9.17, 15) is 4.79 Å². The van der Waals surface area contributed by atoms with Crippen LogP contribution < -0.4 is 9.64 Å². The minimum atomic E-state index is 0.137. The van der Waals surface area contributed by atoms with Crippen LogP contribution in [0.3, 0.4) is 0 Å². The Morgan fingerprint density at radius 3 is 2.96 bits per heavy atom. The van der Waals surface area contributed by atoms with Crippen molar-refractivity contribution in [2.75, 3.05) is 31.6 Å². The highest BCUT2D eigenvalue weighted by atomic mass is 32.1. The fourth-order valence-corrected chi connectivity index (χ4v) is 3.73. The van der Waals surface area contributed by atoms with Gasteiger partial charge in [-0.3, -0.25) is 4.79 Å². The van der Waals surface area contributed by atoms with Crippen LogP contribution in [0.5, 0.6) is 5.75 Å². The molecule has 1 aliphatic rings. The first-order valence-corrected chi connectivity index (χ1v) is 8.82. The molecular weight excluding hydrogens is 324 g/mol. The Morgan fingerprint density at radius 2 is 2.25 bits per heavy atom. The third-order valence-electron chi connectivity index (χ3n) is 4.26. The van der Waals surface area contributed by atoms with Gasteiger partial charge in [-0.2, -0.15) is 4.37 Å². The number of piperazine rings is 1. The number of methoxy groups -OCH3 is 1. The van der Waals surface area contributed by atoms with Crippen LogP contribution in [0, 0.1) is 0 Å². The summed E-state index contributed by atoms with van der Waals surface area (Å²) in [6.45, 7) is 6.04. The number of benzene rings is 1. The molecule has 1 amide bonds. The normalized spacial score (nSPS) is 17.9. The molecule has 2 aromatic rings. The Balaban J connectivity index is 1.66. The maximum Gasteiger partial charge on any atom is 0.219 e. The van der Waals surface area contributed by atoms with Gasteiger partial charge in [-0.25, -0.2) is 4.98 Å². The lowest BCUT2D eigenvalue weighted by Gasteiger charge is -2.39. The first-order valence-electron chi connectivity index (χ1n) is 8.04. The molecule has 24 heavy (non-hydrogen) atoms. The Bertz CT molecular complexity index is 718. The minimum absolute atomic E-state index is 0.137. The summed E-state index contributed by atoms with van der Waals surface area (Å²) in [5.74, 6) is 1.81. The van der Waals surface area contributed by atoms with E-state index in [0.717, 1.165) is 41.9 Å². The Labute approximate surface area is 146 Å². The molecule has 1 fully saturated rings. The molecule has 0 aliphatic carbocycles. The zero-order valence-corrected chi connectivity index (χ0v) is 15.0. The van der Waals surface area contributed by atoms with Crippen LogP contribution in [0.25, 0.3) is 0 Å². The standard InChI is InChI=1S/C17H22N4O2S/c1-12-11-20(7-8-21(12)13(2)22)17-18-16(19-24-17)10-14-5-4-6-15(9-14)23-3/h4-6,9,12H,7-8,10-11H2,1-3H3. The maximum atomic E-state index is 11.6. The molecule has 0 bridgehead atoms. The molecule has 2 heterocycles. The second-order valence-electron chi connectivity index (χ2n) is 6.03. The smallest absolute Gasteiger partial charge is 0.219 e. The molecule has 1 aliphatic heterocycles. The zero-order valence-electron chi connectivity index (χ0n) is 14.2. The lowest BCUT2D eigenvalue weighted by Crippen LogP contribution is -2.53. The quantitative estimate of drug-likeness (QED) is 0.849. The number of nitrogens with zero attached hydrogens (tertiary/aromatic N) is 4. The van der Waals surface area contributed by atoms with Crippen molar-refractivity contribution in [1.29, 1.82) is 0 Å². The molecule has 128 valence electrons. The fraction of sp³-hybridized carbons (Fsp3) is 0.471.